The number of aromatic amines is 1. The lowest BCUT2D eigenvalue weighted by Crippen LogP contribution is -2.56. The standard InChI is InChI=1S/C25H26FN3O/c1-17-6-7-22-19(15-27-23(22)12-17)16-28-11-10-25(14-18(28)2)9-8-24(30)29(25)21-5-3-4-20(26)13-21/h3-9,12-13,15,18,27H,10-11,14,16H2,1-2H3. The van der Waals surface area contributed by atoms with E-state index in [0.717, 1.165) is 25.9 Å². The first-order valence-electron chi connectivity index (χ1n) is 10.5. The van der Waals surface area contributed by atoms with Gasteiger partial charge in [0.15, 0.2) is 0 Å². The van der Waals surface area contributed by atoms with E-state index in [2.05, 4.69) is 48.1 Å². The molecule has 2 unspecified atom stereocenters. The Morgan fingerprint density at radius 3 is 2.90 bits per heavy atom. The van der Waals surface area contributed by atoms with Crippen molar-refractivity contribution in [1.29, 1.82) is 0 Å². The van der Waals surface area contributed by atoms with Gasteiger partial charge in [-0.1, -0.05) is 24.3 Å². The van der Waals surface area contributed by atoms with Crippen molar-refractivity contribution < 1.29 is 9.18 Å². The molecule has 4 nitrogen and oxygen atoms in total. The number of carbonyl (C=O) groups is 1. The number of halogens is 1. The number of carbonyl (C=O) groups excluding carboxylic acids is 1. The molecule has 1 spiro atoms. The van der Waals surface area contributed by atoms with Crippen LogP contribution >= 0.6 is 0 Å². The van der Waals surface area contributed by atoms with Crippen LogP contribution in [0.2, 0.25) is 0 Å². The molecule has 1 amide bonds. The van der Waals surface area contributed by atoms with Gasteiger partial charge in [-0.05, 0) is 62.1 Å². The minimum atomic E-state index is -0.377. The average molecular weight is 404 g/mol. The molecule has 2 atom stereocenters. The van der Waals surface area contributed by atoms with Crippen LogP contribution in [0.3, 0.4) is 0 Å². The van der Waals surface area contributed by atoms with E-state index in [-0.39, 0.29) is 17.3 Å². The van der Waals surface area contributed by atoms with Crippen LogP contribution in [0, 0.1) is 12.7 Å². The molecule has 1 fully saturated rings. The second kappa shape index (κ2) is 7.10. The number of anilines is 1. The Bertz CT molecular complexity index is 1150. The molecular formula is C25H26FN3O. The number of rotatable bonds is 3. The van der Waals surface area contributed by atoms with Crippen LogP contribution in [-0.2, 0) is 11.3 Å². The molecule has 30 heavy (non-hydrogen) atoms. The Morgan fingerprint density at radius 2 is 2.10 bits per heavy atom. The number of aromatic nitrogens is 1. The maximum atomic E-state index is 13.8. The second-order valence-corrected chi connectivity index (χ2v) is 8.73. The zero-order valence-electron chi connectivity index (χ0n) is 17.4. The van der Waals surface area contributed by atoms with Crippen molar-refractivity contribution >= 4 is 22.5 Å². The van der Waals surface area contributed by atoms with Gasteiger partial charge in [0.25, 0.3) is 5.91 Å². The summed E-state index contributed by atoms with van der Waals surface area (Å²) in [6.45, 7) is 6.08. The number of hydrogen-bond acceptors (Lipinski definition) is 2. The topological polar surface area (TPSA) is 39.3 Å². The van der Waals surface area contributed by atoms with Crippen LogP contribution in [-0.4, -0.2) is 33.9 Å². The van der Waals surface area contributed by atoms with Crippen LogP contribution in [0.25, 0.3) is 10.9 Å². The lowest BCUT2D eigenvalue weighted by molar-refractivity contribution is -0.114. The molecule has 1 aromatic heterocycles. The van der Waals surface area contributed by atoms with Gasteiger partial charge in [-0.2, -0.15) is 0 Å². The Kier molecular flexibility index (Phi) is 4.51. The molecule has 0 saturated carbocycles. The number of hydrogen-bond donors (Lipinski definition) is 1. The number of likely N-dealkylation sites (tertiary alicyclic amines) is 1. The van der Waals surface area contributed by atoms with Crippen LogP contribution in [0.1, 0.15) is 30.9 Å². The number of nitrogens with one attached hydrogen (secondary N) is 1. The molecule has 0 bridgehead atoms. The van der Waals surface area contributed by atoms with Gasteiger partial charge in [0.05, 0.1) is 5.54 Å². The summed E-state index contributed by atoms with van der Waals surface area (Å²) in [6.07, 6.45) is 7.45. The summed E-state index contributed by atoms with van der Waals surface area (Å²) in [6, 6.07) is 13.2. The predicted octanol–water partition coefficient (Wildman–Crippen LogP) is 4.94. The van der Waals surface area contributed by atoms with Gasteiger partial charge in [0.1, 0.15) is 5.82 Å². The average Bonchev–Trinajstić information content (AvgIpc) is 3.24. The van der Waals surface area contributed by atoms with Crippen molar-refractivity contribution in [3.05, 3.63) is 77.8 Å². The van der Waals surface area contributed by atoms with Crippen molar-refractivity contribution in [2.75, 3.05) is 11.4 Å². The van der Waals surface area contributed by atoms with Crippen molar-refractivity contribution in [2.45, 2.75) is 44.8 Å². The summed E-state index contributed by atoms with van der Waals surface area (Å²) >= 11 is 0. The minimum absolute atomic E-state index is 0.0618. The van der Waals surface area contributed by atoms with E-state index in [1.54, 1.807) is 17.0 Å². The molecule has 5 rings (SSSR count). The first-order chi connectivity index (χ1) is 14.4. The third kappa shape index (κ3) is 3.14. The van der Waals surface area contributed by atoms with Gasteiger partial charge in [-0.15, -0.1) is 0 Å². The molecule has 3 heterocycles. The van der Waals surface area contributed by atoms with E-state index >= 15 is 0 Å². The van der Waals surface area contributed by atoms with E-state index in [9.17, 15) is 9.18 Å². The minimum Gasteiger partial charge on any atom is -0.361 e. The quantitative estimate of drug-likeness (QED) is 0.673. The lowest BCUT2D eigenvalue weighted by Gasteiger charge is -2.47. The smallest absolute Gasteiger partial charge is 0.251 e. The fraction of sp³-hybridized carbons (Fsp3) is 0.320. The molecule has 2 aromatic carbocycles. The van der Waals surface area contributed by atoms with Gasteiger partial charge in [-0.3, -0.25) is 14.6 Å². The van der Waals surface area contributed by atoms with E-state index < -0.39 is 0 Å². The SMILES string of the molecule is Cc1ccc2c(CN3CCC4(C=CC(=O)N4c4cccc(F)c4)CC3C)c[nH]c2c1. The Labute approximate surface area is 176 Å². The normalized spacial score (nSPS) is 24.4. The largest absolute Gasteiger partial charge is 0.361 e. The molecule has 0 radical (unpaired) electrons. The van der Waals surface area contributed by atoms with Gasteiger partial charge in [-0.25, -0.2) is 4.39 Å². The monoisotopic (exact) mass is 403 g/mol. The maximum Gasteiger partial charge on any atom is 0.251 e. The zero-order chi connectivity index (χ0) is 20.9. The fourth-order valence-electron chi connectivity index (χ4n) is 5.13. The highest BCUT2D eigenvalue weighted by atomic mass is 19.1. The summed E-state index contributed by atoms with van der Waals surface area (Å²) in [5, 5.41) is 1.27. The van der Waals surface area contributed by atoms with Gasteiger partial charge in [0.2, 0.25) is 0 Å². The van der Waals surface area contributed by atoms with Crippen molar-refractivity contribution in [3.63, 3.8) is 0 Å². The molecule has 5 heteroatoms. The number of fused-ring (bicyclic) bond motifs is 1. The zero-order valence-corrected chi connectivity index (χ0v) is 17.4. The lowest BCUT2D eigenvalue weighted by atomic mass is 9.82. The summed E-state index contributed by atoms with van der Waals surface area (Å²) < 4.78 is 13.8. The van der Waals surface area contributed by atoms with Gasteiger partial charge in [0, 0.05) is 48.0 Å². The molecule has 1 saturated heterocycles. The first kappa shape index (κ1) is 19.1. The van der Waals surface area contributed by atoms with Crippen LogP contribution in [0.15, 0.2) is 60.8 Å². The van der Waals surface area contributed by atoms with Gasteiger partial charge < -0.3 is 4.98 Å². The van der Waals surface area contributed by atoms with Crippen molar-refractivity contribution in [1.82, 2.24) is 9.88 Å². The summed E-state index contributed by atoms with van der Waals surface area (Å²) in [5.41, 5.74) is 3.98. The molecule has 2 aliphatic rings. The number of aryl methyl sites for hydroxylation is 1. The number of H-pyrrole nitrogens is 1. The molecule has 3 aromatic rings. The third-order valence-corrected chi connectivity index (χ3v) is 6.67. The van der Waals surface area contributed by atoms with Gasteiger partial charge >= 0.3 is 0 Å². The number of nitrogens with zero attached hydrogens (tertiary/aromatic N) is 2. The molecular weight excluding hydrogens is 377 g/mol. The van der Waals surface area contributed by atoms with E-state index in [1.807, 2.05) is 12.1 Å². The van der Waals surface area contributed by atoms with Crippen LogP contribution in [0.4, 0.5) is 10.1 Å². The highest BCUT2D eigenvalue weighted by Gasteiger charge is 2.46. The first-order valence-corrected chi connectivity index (χ1v) is 10.5. The molecule has 0 aliphatic carbocycles. The number of amides is 1. The third-order valence-electron chi connectivity index (χ3n) is 6.67. The fourth-order valence-corrected chi connectivity index (χ4v) is 5.13. The summed E-state index contributed by atoms with van der Waals surface area (Å²) in [5.74, 6) is -0.379. The Balaban J connectivity index is 1.38. The van der Waals surface area contributed by atoms with E-state index in [1.165, 1.54) is 34.2 Å². The summed E-state index contributed by atoms with van der Waals surface area (Å²) in [7, 11) is 0. The maximum absolute atomic E-state index is 13.8. The summed E-state index contributed by atoms with van der Waals surface area (Å²) in [4.78, 5) is 20.3. The predicted molar refractivity (Wildman–Crippen MR) is 118 cm³/mol. The van der Waals surface area contributed by atoms with E-state index in [4.69, 9.17) is 0 Å². The Hall–Kier alpha value is -2.92. The van der Waals surface area contributed by atoms with Crippen molar-refractivity contribution in [3.8, 4) is 0 Å². The highest BCUT2D eigenvalue weighted by molar-refractivity contribution is 6.06. The second-order valence-electron chi connectivity index (χ2n) is 8.73. The number of benzene rings is 2. The molecule has 1 N–H and O–H groups in total. The Morgan fingerprint density at radius 1 is 1.23 bits per heavy atom. The highest BCUT2D eigenvalue weighted by Crippen LogP contribution is 2.41. The molecule has 154 valence electrons. The van der Waals surface area contributed by atoms with Crippen LogP contribution < -0.4 is 4.90 Å². The van der Waals surface area contributed by atoms with E-state index in [0.29, 0.717) is 11.7 Å². The number of piperidine rings is 1. The molecule has 2 aliphatic heterocycles. The van der Waals surface area contributed by atoms with Crippen molar-refractivity contribution in [2.24, 2.45) is 0 Å². The van der Waals surface area contributed by atoms with Crippen LogP contribution in [0.5, 0.6) is 0 Å².